The molecule has 0 fully saturated rings. The number of hydrogen-bond donors (Lipinski definition) is 1. The van der Waals surface area contributed by atoms with E-state index in [1.165, 1.54) is 5.56 Å². The summed E-state index contributed by atoms with van der Waals surface area (Å²) in [6.45, 7) is 2.97. The Bertz CT molecular complexity index is 353. The number of ether oxygens (including phenoxy) is 1. The predicted molar refractivity (Wildman–Crippen MR) is 72.3 cm³/mol. The summed E-state index contributed by atoms with van der Waals surface area (Å²) in [6, 6.07) is 5.86. The van der Waals surface area contributed by atoms with Crippen molar-refractivity contribution < 1.29 is 4.74 Å². The maximum absolute atomic E-state index is 5.83. The van der Waals surface area contributed by atoms with E-state index in [0.717, 1.165) is 31.1 Å². The van der Waals surface area contributed by atoms with Crippen LogP contribution in [0.3, 0.4) is 0 Å². The van der Waals surface area contributed by atoms with Gasteiger partial charge in [-0.1, -0.05) is 0 Å². The summed E-state index contributed by atoms with van der Waals surface area (Å²) in [5, 5.41) is 0. The monoisotopic (exact) mass is 237 g/mol. The average molecular weight is 237 g/mol. The lowest BCUT2D eigenvalue weighted by Crippen LogP contribution is -2.28. The number of likely N-dealkylation sites (N-methyl/N-ethyl adjacent to an activating group) is 2. The molecule has 0 amide bonds. The Kier molecular flexibility index (Phi) is 5.25. The molecule has 0 saturated heterocycles. The minimum absolute atomic E-state index is 0.750. The van der Waals surface area contributed by atoms with E-state index < -0.39 is 0 Å². The number of methoxy groups -OCH3 is 1. The van der Waals surface area contributed by atoms with Crippen LogP contribution in [0.5, 0.6) is 5.75 Å². The highest BCUT2D eigenvalue weighted by molar-refractivity contribution is 5.47. The molecule has 0 atom stereocenters. The van der Waals surface area contributed by atoms with Crippen LogP contribution in [0.15, 0.2) is 18.2 Å². The van der Waals surface area contributed by atoms with E-state index in [2.05, 4.69) is 30.9 Å². The fraction of sp³-hybridized carbons (Fsp3) is 0.538. The summed E-state index contributed by atoms with van der Waals surface area (Å²) in [6.07, 6.45) is 0. The van der Waals surface area contributed by atoms with Crippen LogP contribution in [0.1, 0.15) is 5.56 Å². The summed E-state index contributed by atoms with van der Waals surface area (Å²) >= 11 is 0. The molecule has 0 bridgehead atoms. The van der Waals surface area contributed by atoms with Crippen molar-refractivity contribution >= 4 is 5.69 Å². The Morgan fingerprint density at radius 2 is 1.82 bits per heavy atom. The zero-order chi connectivity index (χ0) is 12.8. The Morgan fingerprint density at radius 3 is 2.41 bits per heavy atom. The van der Waals surface area contributed by atoms with Crippen molar-refractivity contribution in [2.75, 3.05) is 47.1 Å². The minimum atomic E-state index is 0.750. The van der Waals surface area contributed by atoms with E-state index in [9.17, 15) is 0 Å². The molecule has 0 radical (unpaired) electrons. The first kappa shape index (κ1) is 13.8. The summed E-state index contributed by atoms with van der Waals surface area (Å²) < 4.78 is 5.21. The van der Waals surface area contributed by atoms with E-state index >= 15 is 0 Å². The third-order valence-corrected chi connectivity index (χ3v) is 2.61. The van der Waals surface area contributed by atoms with E-state index in [-0.39, 0.29) is 0 Å². The van der Waals surface area contributed by atoms with Crippen LogP contribution in [0.25, 0.3) is 0 Å². The first-order valence-corrected chi connectivity index (χ1v) is 5.78. The van der Waals surface area contributed by atoms with Crippen LogP contribution < -0.4 is 10.5 Å². The summed E-state index contributed by atoms with van der Waals surface area (Å²) in [5.74, 6) is 0.820. The topological polar surface area (TPSA) is 41.7 Å². The van der Waals surface area contributed by atoms with Crippen LogP contribution in [0, 0.1) is 0 Å². The Morgan fingerprint density at radius 1 is 1.12 bits per heavy atom. The maximum Gasteiger partial charge on any atom is 0.121 e. The molecule has 0 aliphatic rings. The molecular weight excluding hydrogens is 214 g/mol. The van der Waals surface area contributed by atoms with Gasteiger partial charge in [-0.05, 0) is 38.8 Å². The molecule has 4 nitrogen and oxygen atoms in total. The zero-order valence-electron chi connectivity index (χ0n) is 11.2. The second-order valence-electron chi connectivity index (χ2n) is 4.66. The summed E-state index contributed by atoms with van der Waals surface area (Å²) in [7, 11) is 7.93. The highest BCUT2D eigenvalue weighted by Gasteiger charge is 2.04. The molecule has 0 spiro atoms. The van der Waals surface area contributed by atoms with Gasteiger partial charge in [0.05, 0.1) is 7.11 Å². The zero-order valence-corrected chi connectivity index (χ0v) is 11.2. The van der Waals surface area contributed by atoms with Crippen molar-refractivity contribution in [1.29, 1.82) is 0 Å². The lowest BCUT2D eigenvalue weighted by atomic mass is 10.2. The van der Waals surface area contributed by atoms with Crippen LogP contribution in [0.2, 0.25) is 0 Å². The molecule has 0 unspecified atom stereocenters. The van der Waals surface area contributed by atoms with Gasteiger partial charge in [0.25, 0.3) is 0 Å². The molecule has 0 aliphatic carbocycles. The largest absolute Gasteiger partial charge is 0.497 e. The first-order valence-electron chi connectivity index (χ1n) is 5.78. The van der Waals surface area contributed by atoms with Gasteiger partial charge in [-0.15, -0.1) is 0 Å². The molecule has 4 heteroatoms. The SMILES string of the molecule is COc1cc(N)cc(CN(C)CCN(C)C)c1. The second kappa shape index (κ2) is 6.47. The van der Waals surface area contributed by atoms with Crippen LogP contribution in [0.4, 0.5) is 5.69 Å². The van der Waals surface area contributed by atoms with Gasteiger partial charge in [-0.25, -0.2) is 0 Å². The van der Waals surface area contributed by atoms with Crippen LogP contribution >= 0.6 is 0 Å². The molecule has 0 heterocycles. The summed E-state index contributed by atoms with van der Waals surface area (Å²) in [4.78, 5) is 4.45. The van der Waals surface area contributed by atoms with E-state index in [1.54, 1.807) is 7.11 Å². The van der Waals surface area contributed by atoms with E-state index in [1.807, 2.05) is 18.2 Å². The molecule has 0 aromatic heterocycles. The van der Waals surface area contributed by atoms with Crippen molar-refractivity contribution in [2.24, 2.45) is 0 Å². The third-order valence-electron chi connectivity index (χ3n) is 2.61. The minimum Gasteiger partial charge on any atom is -0.497 e. The average Bonchev–Trinajstić information content (AvgIpc) is 2.25. The van der Waals surface area contributed by atoms with Crippen molar-refractivity contribution in [3.63, 3.8) is 0 Å². The second-order valence-corrected chi connectivity index (χ2v) is 4.66. The quantitative estimate of drug-likeness (QED) is 0.757. The molecule has 1 aromatic rings. The van der Waals surface area contributed by atoms with Crippen LogP contribution in [-0.4, -0.2) is 51.1 Å². The number of nitrogens with zero attached hydrogens (tertiary/aromatic N) is 2. The van der Waals surface area contributed by atoms with Gasteiger partial charge in [0.1, 0.15) is 5.75 Å². The van der Waals surface area contributed by atoms with Crippen molar-refractivity contribution in [2.45, 2.75) is 6.54 Å². The number of benzene rings is 1. The standard InChI is InChI=1S/C13H23N3O/c1-15(2)5-6-16(3)10-11-7-12(14)9-13(8-11)17-4/h7-9H,5-6,10,14H2,1-4H3. The van der Waals surface area contributed by atoms with E-state index in [0.29, 0.717) is 0 Å². The number of nitrogen functional groups attached to an aromatic ring is 1. The van der Waals surface area contributed by atoms with Gasteiger partial charge in [-0.2, -0.15) is 0 Å². The lowest BCUT2D eigenvalue weighted by Gasteiger charge is -2.19. The lowest BCUT2D eigenvalue weighted by molar-refractivity contribution is 0.276. The highest BCUT2D eigenvalue weighted by atomic mass is 16.5. The molecule has 96 valence electrons. The molecule has 17 heavy (non-hydrogen) atoms. The van der Waals surface area contributed by atoms with Gasteiger partial charge in [-0.3, -0.25) is 0 Å². The maximum atomic E-state index is 5.83. The Balaban J connectivity index is 2.58. The number of nitrogens with two attached hydrogens (primary N) is 1. The molecule has 0 saturated carbocycles. The molecule has 0 aliphatic heterocycles. The smallest absolute Gasteiger partial charge is 0.121 e. The van der Waals surface area contributed by atoms with E-state index in [4.69, 9.17) is 10.5 Å². The molecular formula is C13H23N3O. The fourth-order valence-electron chi connectivity index (χ4n) is 1.66. The number of hydrogen-bond acceptors (Lipinski definition) is 4. The van der Waals surface area contributed by atoms with Crippen molar-refractivity contribution in [3.05, 3.63) is 23.8 Å². The highest BCUT2D eigenvalue weighted by Crippen LogP contribution is 2.19. The van der Waals surface area contributed by atoms with Gasteiger partial charge in [0.2, 0.25) is 0 Å². The van der Waals surface area contributed by atoms with Gasteiger partial charge >= 0.3 is 0 Å². The van der Waals surface area contributed by atoms with Crippen LogP contribution in [-0.2, 0) is 6.54 Å². The normalized spacial score (nSPS) is 11.2. The molecule has 1 rings (SSSR count). The number of anilines is 1. The predicted octanol–water partition coefficient (Wildman–Crippen LogP) is 1.27. The fourth-order valence-corrected chi connectivity index (χ4v) is 1.66. The summed E-state index contributed by atoms with van der Waals surface area (Å²) in [5.41, 5.74) is 7.76. The van der Waals surface area contributed by atoms with Gasteiger partial charge in [0, 0.05) is 31.4 Å². The van der Waals surface area contributed by atoms with Crippen molar-refractivity contribution in [1.82, 2.24) is 9.80 Å². The first-order chi connectivity index (χ1) is 8.01. The molecule has 1 aromatic carbocycles. The Hall–Kier alpha value is -1.26. The molecule has 2 N–H and O–H groups in total. The van der Waals surface area contributed by atoms with Gasteiger partial charge < -0.3 is 20.3 Å². The number of rotatable bonds is 6. The third kappa shape index (κ3) is 5.06. The van der Waals surface area contributed by atoms with Crippen molar-refractivity contribution in [3.8, 4) is 5.75 Å². The Labute approximate surface area is 104 Å². The van der Waals surface area contributed by atoms with Gasteiger partial charge in [0.15, 0.2) is 0 Å².